The van der Waals surface area contributed by atoms with Gasteiger partial charge in [0.15, 0.2) is 0 Å². The highest BCUT2D eigenvalue weighted by Gasteiger charge is 2.45. The third-order valence-electron chi connectivity index (χ3n) is 4.22. The molecule has 3 rings (SSSR count). The predicted octanol–water partition coefficient (Wildman–Crippen LogP) is 4.32. The van der Waals surface area contributed by atoms with Crippen molar-refractivity contribution in [2.75, 3.05) is 18.9 Å². The number of anilines is 1. The molecule has 1 aliphatic heterocycles. The van der Waals surface area contributed by atoms with E-state index in [1.54, 1.807) is 25.2 Å². The van der Waals surface area contributed by atoms with E-state index in [4.69, 9.17) is 0 Å². The van der Waals surface area contributed by atoms with Crippen molar-refractivity contribution in [3.8, 4) is 6.07 Å². The molecule has 3 nitrogen and oxygen atoms in total. The number of hydrogen-bond acceptors (Lipinski definition) is 4. The van der Waals surface area contributed by atoms with Crippen LogP contribution in [0.1, 0.15) is 27.6 Å². The Balaban J connectivity index is 1.96. The SMILES string of the molecule is CNc1sc2c(c1C#N)CCN(C(c1ccccc1)C(F)(F)F)C2. The summed E-state index contributed by atoms with van der Waals surface area (Å²) in [6, 6.07) is 8.54. The van der Waals surface area contributed by atoms with Gasteiger partial charge in [-0.15, -0.1) is 11.3 Å². The van der Waals surface area contributed by atoms with Crippen LogP contribution < -0.4 is 5.32 Å². The van der Waals surface area contributed by atoms with Gasteiger partial charge in [0.05, 0.1) is 5.56 Å². The second-order valence-corrected chi connectivity index (χ2v) is 6.75. The van der Waals surface area contributed by atoms with Gasteiger partial charge in [0, 0.05) is 25.0 Å². The number of nitrogens with one attached hydrogen (secondary N) is 1. The number of benzene rings is 1. The first-order valence-electron chi connectivity index (χ1n) is 7.53. The van der Waals surface area contributed by atoms with E-state index in [0.717, 1.165) is 15.4 Å². The summed E-state index contributed by atoms with van der Waals surface area (Å²) in [5.41, 5.74) is 1.71. The van der Waals surface area contributed by atoms with E-state index in [1.165, 1.54) is 28.4 Å². The maximum Gasteiger partial charge on any atom is 0.408 e. The fraction of sp³-hybridized carbons (Fsp3) is 0.353. The fourth-order valence-corrected chi connectivity index (χ4v) is 4.36. The van der Waals surface area contributed by atoms with Gasteiger partial charge >= 0.3 is 6.18 Å². The highest BCUT2D eigenvalue weighted by Crippen LogP contribution is 2.43. The topological polar surface area (TPSA) is 39.1 Å². The monoisotopic (exact) mass is 351 g/mol. The van der Waals surface area contributed by atoms with Gasteiger partial charge in [0.1, 0.15) is 17.1 Å². The second kappa shape index (κ2) is 6.46. The number of fused-ring (bicyclic) bond motifs is 1. The van der Waals surface area contributed by atoms with Crippen LogP contribution in [0, 0.1) is 11.3 Å². The smallest absolute Gasteiger partial charge is 0.379 e. The zero-order chi connectivity index (χ0) is 17.3. The van der Waals surface area contributed by atoms with Crippen molar-refractivity contribution in [1.29, 1.82) is 5.26 Å². The molecule has 7 heteroatoms. The molecule has 1 aromatic carbocycles. The number of hydrogen-bond donors (Lipinski definition) is 1. The van der Waals surface area contributed by atoms with Crippen molar-refractivity contribution < 1.29 is 13.2 Å². The minimum absolute atomic E-state index is 0.204. The highest BCUT2D eigenvalue weighted by atomic mass is 32.1. The van der Waals surface area contributed by atoms with Crippen molar-refractivity contribution in [1.82, 2.24) is 4.90 Å². The van der Waals surface area contributed by atoms with Gasteiger partial charge in [-0.1, -0.05) is 30.3 Å². The Labute approximate surface area is 142 Å². The van der Waals surface area contributed by atoms with Crippen molar-refractivity contribution >= 4 is 16.3 Å². The van der Waals surface area contributed by atoms with E-state index >= 15 is 0 Å². The first-order valence-corrected chi connectivity index (χ1v) is 8.35. The maximum absolute atomic E-state index is 13.7. The number of rotatable bonds is 3. The third-order valence-corrected chi connectivity index (χ3v) is 5.45. The lowest BCUT2D eigenvalue weighted by atomic mass is 9.99. The summed E-state index contributed by atoms with van der Waals surface area (Å²) in [5, 5.41) is 13.0. The Morgan fingerprint density at radius 1 is 1.29 bits per heavy atom. The van der Waals surface area contributed by atoms with Gasteiger partial charge in [-0.05, 0) is 17.5 Å². The van der Waals surface area contributed by atoms with Crippen molar-refractivity contribution in [2.24, 2.45) is 0 Å². The summed E-state index contributed by atoms with van der Waals surface area (Å²) in [6.45, 7) is 0.482. The first kappa shape index (κ1) is 16.8. The van der Waals surface area contributed by atoms with Crippen molar-refractivity contribution in [3.05, 3.63) is 51.9 Å². The van der Waals surface area contributed by atoms with Gasteiger partial charge in [0.25, 0.3) is 0 Å². The molecule has 126 valence electrons. The molecule has 24 heavy (non-hydrogen) atoms. The molecule has 0 saturated heterocycles. The zero-order valence-corrected chi connectivity index (χ0v) is 13.8. The number of thiophene rings is 1. The average Bonchev–Trinajstić information content (AvgIpc) is 2.91. The first-order chi connectivity index (χ1) is 11.5. The van der Waals surface area contributed by atoms with Crippen LogP contribution in [0.3, 0.4) is 0 Å². The van der Waals surface area contributed by atoms with Gasteiger partial charge in [-0.3, -0.25) is 4.90 Å². The van der Waals surface area contributed by atoms with Gasteiger partial charge in [-0.25, -0.2) is 0 Å². The Hall–Kier alpha value is -2.04. The average molecular weight is 351 g/mol. The van der Waals surface area contributed by atoms with Crippen LogP contribution in [0.4, 0.5) is 18.2 Å². The lowest BCUT2D eigenvalue weighted by Gasteiger charge is -2.35. The normalized spacial score (nSPS) is 16.3. The molecule has 0 bridgehead atoms. The Bertz CT molecular complexity index is 762. The molecule has 1 aromatic heterocycles. The molecule has 1 unspecified atom stereocenters. The molecule has 1 N–H and O–H groups in total. The lowest BCUT2D eigenvalue weighted by molar-refractivity contribution is -0.188. The quantitative estimate of drug-likeness (QED) is 0.895. The summed E-state index contributed by atoms with van der Waals surface area (Å²) in [6.07, 6.45) is -3.89. The second-order valence-electron chi connectivity index (χ2n) is 5.65. The summed E-state index contributed by atoms with van der Waals surface area (Å²) in [4.78, 5) is 2.29. The van der Waals surface area contributed by atoms with E-state index in [2.05, 4.69) is 11.4 Å². The van der Waals surface area contributed by atoms with Gasteiger partial charge < -0.3 is 5.32 Å². The van der Waals surface area contributed by atoms with E-state index in [0.29, 0.717) is 12.0 Å². The summed E-state index contributed by atoms with van der Waals surface area (Å²) in [7, 11) is 1.72. The third kappa shape index (κ3) is 2.99. The molecule has 0 fully saturated rings. The van der Waals surface area contributed by atoms with Crippen LogP contribution in [-0.2, 0) is 13.0 Å². The molecule has 2 aromatic rings. The van der Waals surface area contributed by atoms with E-state index in [1.807, 2.05) is 0 Å². The number of nitrogens with zero attached hydrogens (tertiary/aromatic N) is 2. The Kier molecular flexibility index (Phi) is 4.52. The van der Waals surface area contributed by atoms with Crippen molar-refractivity contribution in [2.45, 2.75) is 25.2 Å². The Morgan fingerprint density at radius 2 is 2.00 bits per heavy atom. The van der Waals surface area contributed by atoms with E-state index < -0.39 is 12.2 Å². The number of alkyl halides is 3. The summed E-state index contributed by atoms with van der Waals surface area (Å²) >= 11 is 1.37. The Morgan fingerprint density at radius 3 is 2.58 bits per heavy atom. The van der Waals surface area contributed by atoms with Crippen LogP contribution in [0.5, 0.6) is 0 Å². The predicted molar refractivity (Wildman–Crippen MR) is 87.9 cm³/mol. The molecular formula is C17H16F3N3S. The largest absolute Gasteiger partial charge is 0.408 e. The standard InChI is InChI=1S/C17H16F3N3S/c1-22-16-13(9-21)12-7-8-23(10-14(12)24-16)15(17(18,19)20)11-5-3-2-4-6-11/h2-6,15,22H,7-8,10H2,1H3. The fourth-order valence-electron chi connectivity index (χ4n) is 3.18. The molecule has 0 amide bonds. The molecule has 1 aliphatic rings. The van der Waals surface area contributed by atoms with Gasteiger partial charge in [0.2, 0.25) is 0 Å². The minimum atomic E-state index is -4.35. The molecule has 2 heterocycles. The van der Waals surface area contributed by atoms with Gasteiger partial charge in [-0.2, -0.15) is 18.4 Å². The zero-order valence-electron chi connectivity index (χ0n) is 13.0. The van der Waals surface area contributed by atoms with E-state index in [-0.39, 0.29) is 18.7 Å². The van der Waals surface area contributed by atoms with Crippen LogP contribution in [0.25, 0.3) is 0 Å². The maximum atomic E-state index is 13.7. The van der Waals surface area contributed by atoms with Crippen LogP contribution in [-0.4, -0.2) is 24.7 Å². The number of halogens is 3. The molecule has 0 spiro atoms. The molecule has 0 saturated carbocycles. The molecule has 1 atom stereocenters. The van der Waals surface area contributed by atoms with E-state index in [9.17, 15) is 18.4 Å². The lowest BCUT2D eigenvalue weighted by Crippen LogP contribution is -2.41. The van der Waals surface area contributed by atoms with Crippen LogP contribution >= 0.6 is 11.3 Å². The molecule has 0 radical (unpaired) electrons. The molecule has 0 aliphatic carbocycles. The summed E-state index contributed by atoms with van der Waals surface area (Å²) < 4.78 is 41.0. The summed E-state index contributed by atoms with van der Waals surface area (Å²) in [5.74, 6) is 0. The minimum Gasteiger partial charge on any atom is -0.379 e. The highest BCUT2D eigenvalue weighted by molar-refractivity contribution is 7.16. The van der Waals surface area contributed by atoms with Crippen LogP contribution in [0.15, 0.2) is 30.3 Å². The van der Waals surface area contributed by atoms with Crippen molar-refractivity contribution in [3.63, 3.8) is 0 Å². The number of nitriles is 1. The van der Waals surface area contributed by atoms with Crippen LogP contribution in [0.2, 0.25) is 0 Å². The molecular weight excluding hydrogens is 335 g/mol.